The average Bonchev–Trinajstić information content (AvgIpc) is 2.93. The molecule has 0 atom stereocenters. The van der Waals surface area contributed by atoms with E-state index in [0.29, 0.717) is 37.4 Å². The second-order valence-corrected chi connectivity index (χ2v) is 12.7. The molecule has 1 aromatic heterocycles. The maximum Gasteiger partial charge on any atom is 0.246 e. The molecule has 9 nitrogen and oxygen atoms in total. The van der Waals surface area contributed by atoms with Crippen molar-refractivity contribution in [2.24, 2.45) is 0 Å². The van der Waals surface area contributed by atoms with E-state index in [-0.39, 0.29) is 28.7 Å². The first-order valence-corrected chi connectivity index (χ1v) is 13.6. The monoisotopic (exact) mass is 482 g/mol. The van der Waals surface area contributed by atoms with Crippen molar-refractivity contribution in [1.29, 1.82) is 0 Å². The normalized spacial score (nSPS) is 16.3. The zero-order valence-electron chi connectivity index (χ0n) is 18.8. The van der Waals surface area contributed by atoms with Gasteiger partial charge in [-0.05, 0) is 51.8 Å². The molecule has 1 N–H and O–H groups in total. The Morgan fingerprint density at radius 2 is 1.69 bits per heavy atom. The molecule has 0 aliphatic carbocycles. The minimum atomic E-state index is -3.69. The number of sulfonamides is 1. The van der Waals surface area contributed by atoms with Gasteiger partial charge < -0.3 is 4.90 Å². The number of aryl methyl sites for hydroxylation is 2. The van der Waals surface area contributed by atoms with Gasteiger partial charge >= 0.3 is 0 Å². The molecule has 11 heteroatoms. The number of sulfone groups is 1. The van der Waals surface area contributed by atoms with E-state index < -0.39 is 25.1 Å². The Labute approximate surface area is 189 Å². The van der Waals surface area contributed by atoms with Gasteiger partial charge in [0.25, 0.3) is 0 Å². The lowest BCUT2D eigenvalue weighted by atomic mass is 10.1. The van der Waals surface area contributed by atoms with Crippen LogP contribution in [0.2, 0.25) is 0 Å². The first kappa shape index (κ1) is 24.4. The molecule has 1 saturated heterocycles. The zero-order valence-corrected chi connectivity index (χ0v) is 20.5. The van der Waals surface area contributed by atoms with Crippen molar-refractivity contribution >= 4 is 25.8 Å². The summed E-state index contributed by atoms with van der Waals surface area (Å²) in [7, 11) is -7.05. The summed E-state index contributed by atoms with van der Waals surface area (Å²) >= 11 is 0. The molecule has 32 heavy (non-hydrogen) atoms. The first-order chi connectivity index (χ1) is 14.9. The number of amides is 1. The zero-order chi connectivity index (χ0) is 23.7. The lowest BCUT2D eigenvalue weighted by Gasteiger charge is -2.22. The maximum absolute atomic E-state index is 13.1. The SMILES string of the molecule is Cc1n[nH]c(C)c1S(=O)(=O)N1CCCN(C(=O)Cc2ccc(S(=O)(=O)C(C)C)cc2)CC1. The summed E-state index contributed by atoms with van der Waals surface area (Å²) in [6.07, 6.45) is 0.668. The lowest BCUT2D eigenvalue weighted by molar-refractivity contribution is -0.130. The standard InChI is InChI=1S/C21H30N4O5S2/c1-15(2)31(27,28)19-8-6-18(7-9-19)14-20(26)24-10-5-11-25(13-12-24)32(29,30)21-16(3)22-23-17(21)4/h6-9,15H,5,10-14H2,1-4H3,(H,22,23). The molecule has 0 unspecified atom stereocenters. The molecule has 0 radical (unpaired) electrons. The van der Waals surface area contributed by atoms with Crippen LogP contribution in [-0.2, 0) is 31.1 Å². The average molecular weight is 483 g/mol. The lowest BCUT2D eigenvalue weighted by Crippen LogP contribution is -2.38. The van der Waals surface area contributed by atoms with Gasteiger partial charge in [0.1, 0.15) is 4.90 Å². The molecular formula is C21H30N4O5S2. The van der Waals surface area contributed by atoms with E-state index in [2.05, 4.69) is 10.2 Å². The van der Waals surface area contributed by atoms with Crippen LogP contribution in [0.25, 0.3) is 0 Å². The molecule has 1 aliphatic heterocycles. The van der Waals surface area contributed by atoms with Crippen molar-refractivity contribution in [1.82, 2.24) is 19.4 Å². The van der Waals surface area contributed by atoms with Gasteiger partial charge in [0.15, 0.2) is 9.84 Å². The number of rotatable bonds is 6. The largest absolute Gasteiger partial charge is 0.341 e. The second-order valence-electron chi connectivity index (χ2n) is 8.32. The van der Waals surface area contributed by atoms with Gasteiger partial charge in [-0.3, -0.25) is 9.89 Å². The number of benzene rings is 1. The Balaban J connectivity index is 1.66. The third kappa shape index (κ3) is 4.89. The van der Waals surface area contributed by atoms with Crippen LogP contribution in [0, 0.1) is 13.8 Å². The Morgan fingerprint density at radius 1 is 1.03 bits per heavy atom. The van der Waals surface area contributed by atoms with Gasteiger partial charge in [-0.2, -0.15) is 9.40 Å². The molecule has 0 saturated carbocycles. The van der Waals surface area contributed by atoms with Gasteiger partial charge in [-0.25, -0.2) is 16.8 Å². The molecule has 176 valence electrons. The van der Waals surface area contributed by atoms with Gasteiger partial charge in [0.2, 0.25) is 15.9 Å². The number of aromatic amines is 1. The molecule has 0 spiro atoms. The third-order valence-corrected chi connectivity index (χ3v) is 10.0. The highest BCUT2D eigenvalue weighted by atomic mass is 32.2. The van der Waals surface area contributed by atoms with E-state index in [1.165, 1.54) is 16.4 Å². The van der Waals surface area contributed by atoms with Crippen LogP contribution in [0.5, 0.6) is 0 Å². The van der Waals surface area contributed by atoms with E-state index in [0.717, 1.165) is 5.56 Å². The number of hydrogen-bond donors (Lipinski definition) is 1. The highest BCUT2D eigenvalue weighted by molar-refractivity contribution is 7.92. The molecule has 1 amide bonds. The Hall–Kier alpha value is -2.24. The summed E-state index contributed by atoms with van der Waals surface area (Å²) < 4.78 is 52.1. The summed E-state index contributed by atoms with van der Waals surface area (Å²) in [4.78, 5) is 14.9. The number of hydrogen-bond acceptors (Lipinski definition) is 6. The molecule has 2 aromatic rings. The molecular weight excluding hydrogens is 452 g/mol. The fourth-order valence-electron chi connectivity index (χ4n) is 3.79. The van der Waals surface area contributed by atoms with Crippen LogP contribution in [0.15, 0.2) is 34.1 Å². The number of nitrogens with one attached hydrogen (secondary N) is 1. The summed E-state index contributed by atoms with van der Waals surface area (Å²) in [6, 6.07) is 6.38. The van der Waals surface area contributed by atoms with Crippen LogP contribution in [0.3, 0.4) is 0 Å². The molecule has 1 aromatic carbocycles. The van der Waals surface area contributed by atoms with Crippen molar-refractivity contribution in [2.75, 3.05) is 26.2 Å². The van der Waals surface area contributed by atoms with Gasteiger partial charge in [0.05, 0.1) is 28.0 Å². The summed E-state index contributed by atoms with van der Waals surface area (Å²) in [6.45, 7) is 7.90. The van der Waals surface area contributed by atoms with Crippen LogP contribution in [-0.4, -0.2) is 73.6 Å². The summed E-state index contributed by atoms with van der Waals surface area (Å²) in [5, 5.41) is 6.19. The molecule has 0 bridgehead atoms. The van der Waals surface area contributed by atoms with Crippen molar-refractivity contribution in [3.05, 3.63) is 41.2 Å². The number of H-pyrrole nitrogens is 1. The fourth-order valence-corrected chi connectivity index (χ4v) is 6.65. The van der Waals surface area contributed by atoms with Gasteiger partial charge in [-0.15, -0.1) is 0 Å². The number of aromatic nitrogens is 2. The van der Waals surface area contributed by atoms with Crippen molar-refractivity contribution < 1.29 is 21.6 Å². The van der Waals surface area contributed by atoms with Gasteiger partial charge in [0, 0.05) is 26.2 Å². The van der Waals surface area contributed by atoms with E-state index in [1.807, 2.05) is 0 Å². The van der Waals surface area contributed by atoms with Crippen molar-refractivity contribution in [3.8, 4) is 0 Å². The van der Waals surface area contributed by atoms with Crippen molar-refractivity contribution in [2.45, 2.75) is 55.6 Å². The maximum atomic E-state index is 13.1. The molecule has 2 heterocycles. The minimum absolute atomic E-state index is 0.112. The summed E-state index contributed by atoms with van der Waals surface area (Å²) in [5.74, 6) is -0.112. The predicted molar refractivity (Wildman–Crippen MR) is 120 cm³/mol. The quantitative estimate of drug-likeness (QED) is 0.669. The first-order valence-electron chi connectivity index (χ1n) is 10.6. The van der Waals surface area contributed by atoms with Crippen LogP contribution < -0.4 is 0 Å². The number of carbonyl (C=O) groups excluding carboxylic acids is 1. The highest BCUT2D eigenvalue weighted by Crippen LogP contribution is 2.23. The van der Waals surface area contributed by atoms with E-state index in [1.54, 1.807) is 44.7 Å². The molecule has 1 aliphatic rings. The topological polar surface area (TPSA) is 121 Å². The minimum Gasteiger partial charge on any atom is -0.341 e. The van der Waals surface area contributed by atoms with Crippen LogP contribution in [0.1, 0.15) is 37.2 Å². The third-order valence-electron chi connectivity index (χ3n) is 5.69. The Morgan fingerprint density at radius 3 is 2.25 bits per heavy atom. The van der Waals surface area contributed by atoms with E-state index >= 15 is 0 Å². The smallest absolute Gasteiger partial charge is 0.246 e. The molecule has 3 rings (SSSR count). The Kier molecular flexibility index (Phi) is 7.11. The molecule has 1 fully saturated rings. The number of carbonyl (C=O) groups is 1. The number of nitrogens with zero attached hydrogens (tertiary/aromatic N) is 3. The van der Waals surface area contributed by atoms with Crippen LogP contribution in [0.4, 0.5) is 0 Å². The predicted octanol–water partition coefficient (Wildman–Crippen LogP) is 1.67. The van der Waals surface area contributed by atoms with E-state index in [4.69, 9.17) is 0 Å². The highest BCUT2D eigenvalue weighted by Gasteiger charge is 2.31. The fraction of sp³-hybridized carbons (Fsp3) is 0.524. The Bertz CT molecular complexity index is 1170. The van der Waals surface area contributed by atoms with Crippen molar-refractivity contribution in [3.63, 3.8) is 0 Å². The van der Waals surface area contributed by atoms with Crippen LogP contribution >= 0.6 is 0 Å². The summed E-state index contributed by atoms with van der Waals surface area (Å²) in [5.41, 5.74) is 1.65. The van der Waals surface area contributed by atoms with Gasteiger partial charge in [-0.1, -0.05) is 12.1 Å². The van der Waals surface area contributed by atoms with E-state index in [9.17, 15) is 21.6 Å². The second kappa shape index (κ2) is 9.32.